The van der Waals surface area contributed by atoms with Crippen molar-refractivity contribution >= 4 is 16.9 Å². The lowest BCUT2D eigenvalue weighted by Gasteiger charge is -2.31. The van der Waals surface area contributed by atoms with Crippen LogP contribution in [0.15, 0.2) is 41.1 Å². The van der Waals surface area contributed by atoms with Crippen molar-refractivity contribution < 1.29 is 23.4 Å². The van der Waals surface area contributed by atoms with Gasteiger partial charge in [0.2, 0.25) is 0 Å². The molecule has 3 heterocycles. The van der Waals surface area contributed by atoms with Gasteiger partial charge in [0.05, 0.1) is 19.8 Å². The van der Waals surface area contributed by atoms with Crippen LogP contribution in [0.25, 0.3) is 11.0 Å². The van der Waals surface area contributed by atoms with Crippen LogP contribution in [0.3, 0.4) is 0 Å². The van der Waals surface area contributed by atoms with Crippen molar-refractivity contribution in [2.24, 2.45) is 0 Å². The lowest BCUT2D eigenvalue weighted by molar-refractivity contribution is 0.0318. The Morgan fingerprint density at radius 3 is 2.87 bits per heavy atom. The molecule has 1 aromatic carbocycles. The first-order valence-corrected chi connectivity index (χ1v) is 10.7. The quantitative estimate of drug-likeness (QED) is 0.485. The Kier molecular flexibility index (Phi) is 6.89. The second-order valence-corrected chi connectivity index (χ2v) is 7.57. The van der Waals surface area contributed by atoms with Crippen molar-refractivity contribution in [3.05, 3.63) is 48.2 Å². The van der Waals surface area contributed by atoms with Gasteiger partial charge in [0.15, 0.2) is 17.1 Å². The number of carbonyl (C=O) groups is 1. The van der Waals surface area contributed by atoms with E-state index >= 15 is 0 Å². The molecule has 1 amide bonds. The van der Waals surface area contributed by atoms with Gasteiger partial charge < -0.3 is 28.1 Å². The van der Waals surface area contributed by atoms with Crippen molar-refractivity contribution in [2.45, 2.75) is 32.4 Å². The van der Waals surface area contributed by atoms with Crippen molar-refractivity contribution in [1.29, 1.82) is 0 Å². The number of imidazole rings is 1. The summed E-state index contributed by atoms with van der Waals surface area (Å²) in [4.78, 5) is 19.4. The number of carbonyl (C=O) groups excluding carboxylic acids is 1. The molecule has 31 heavy (non-hydrogen) atoms. The third kappa shape index (κ3) is 4.75. The summed E-state index contributed by atoms with van der Waals surface area (Å²) in [5, 5.41) is 0.875. The predicted octanol–water partition coefficient (Wildman–Crippen LogP) is 3.67. The summed E-state index contributed by atoms with van der Waals surface area (Å²) in [6, 6.07) is 7.50. The van der Waals surface area contributed by atoms with Crippen molar-refractivity contribution in [1.82, 2.24) is 14.5 Å². The number of hydrogen-bond donors (Lipinski definition) is 0. The molecule has 0 bridgehead atoms. The van der Waals surface area contributed by atoms with Crippen molar-refractivity contribution in [3.8, 4) is 5.75 Å². The summed E-state index contributed by atoms with van der Waals surface area (Å²) < 4.78 is 24.2. The molecule has 0 radical (unpaired) electrons. The highest BCUT2D eigenvalue weighted by Crippen LogP contribution is 2.31. The minimum atomic E-state index is -0.0802. The summed E-state index contributed by atoms with van der Waals surface area (Å²) in [5.74, 6) is 2.24. The Morgan fingerprint density at radius 2 is 2.10 bits per heavy atom. The number of amides is 1. The molecule has 2 aromatic heterocycles. The Morgan fingerprint density at radius 1 is 1.26 bits per heavy atom. The van der Waals surface area contributed by atoms with E-state index in [1.165, 1.54) is 0 Å². The van der Waals surface area contributed by atoms with Gasteiger partial charge in [-0.1, -0.05) is 12.1 Å². The third-order valence-corrected chi connectivity index (χ3v) is 5.58. The fourth-order valence-corrected chi connectivity index (χ4v) is 4.00. The fraction of sp³-hybridized carbons (Fsp3) is 0.478. The number of hydrogen-bond acceptors (Lipinski definition) is 6. The standard InChI is InChI=1S/C23H29N3O5/c1-3-30-19-6-4-5-18-15-20(31-21(18)19)23(27)25-10-7-17(8-11-25)22-24-9-12-26(22)16-29-14-13-28-2/h4-6,9,12,15,17H,3,7-8,10-11,13-14,16H2,1-2H3. The number of ether oxygens (including phenoxy) is 3. The van der Waals surface area contributed by atoms with Gasteiger partial charge in [0.1, 0.15) is 12.6 Å². The lowest BCUT2D eigenvalue weighted by atomic mass is 9.95. The summed E-state index contributed by atoms with van der Waals surface area (Å²) in [5.41, 5.74) is 0.623. The molecule has 166 valence electrons. The molecule has 0 aliphatic carbocycles. The number of likely N-dealkylation sites (tertiary alicyclic amines) is 1. The van der Waals surface area contributed by atoms with E-state index in [4.69, 9.17) is 18.6 Å². The molecule has 0 N–H and O–H groups in total. The first kappa shape index (κ1) is 21.4. The zero-order chi connectivity index (χ0) is 21.6. The van der Waals surface area contributed by atoms with Crippen LogP contribution < -0.4 is 4.74 Å². The minimum Gasteiger partial charge on any atom is -0.490 e. The normalized spacial score (nSPS) is 15.0. The van der Waals surface area contributed by atoms with E-state index < -0.39 is 0 Å². The fourth-order valence-electron chi connectivity index (χ4n) is 4.00. The molecule has 1 saturated heterocycles. The maximum atomic E-state index is 13.0. The van der Waals surface area contributed by atoms with Crippen LogP contribution in [0.2, 0.25) is 0 Å². The van der Waals surface area contributed by atoms with Crippen LogP contribution in [-0.4, -0.2) is 60.4 Å². The van der Waals surface area contributed by atoms with Crippen LogP contribution in [-0.2, 0) is 16.2 Å². The van der Waals surface area contributed by atoms with E-state index in [0.29, 0.717) is 62.7 Å². The Hall–Kier alpha value is -2.84. The van der Waals surface area contributed by atoms with E-state index in [1.807, 2.05) is 40.8 Å². The maximum absolute atomic E-state index is 13.0. The van der Waals surface area contributed by atoms with Gasteiger partial charge in [-0.05, 0) is 31.9 Å². The predicted molar refractivity (Wildman–Crippen MR) is 115 cm³/mol. The van der Waals surface area contributed by atoms with E-state index in [0.717, 1.165) is 24.1 Å². The number of nitrogens with zero attached hydrogens (tertiary/aromatic N) is 3. The van der Waals surface area contributed by atoms with Crippen LogP contribution in [0, 0.1) is 0 Å². The van der Waals surface area contributed by atoms with Crippen LogP contribution in [0.4, 0.5) is 0 Å². The first-order valence-electron chi connectivity index (χ1n) is 10.7. The molecule has 1 aliphatic rings. The lowest BCUT2D eigenvalue weighted by Crippen LogP contribution is -2.38. The average Bonchev–Trinajstić information content (AvgIpc) is 3.44. The molecule has 4 rings (SSSR count). The van der Waals surface area contributed by atoms with Crippen molar-refractivity contribution in [2.75, 3.05) is 40.0 Å². The number of aromatic nitrogens is 2. The van der Waals surface area contributed by atoms with E-state index in [9.17, 15) is 4.79 Å². The van der Waals surface area contributed by atoms with Crippen LogP contribution >= 0.6 is 0 Å². The van der Waals surface area contributed by atoms with Gasteiger partial charge in [-0.15, -0.1) is 0 Å². The molecule has 0 unspecified atom stereocenters. The molecule has 8 heteroatoms. The average molecular weight is 428 g/mol. The zero-order valence-corrected chi connectivity index (χ0v) is 18.1. The summed E-state index contributed by atoms with van der Waals surface area (Å²) >= 11 is 0. The molecule has 1 fully saturated rings. The number of para-hydroxylation sites is 1. The molecular weight excluding hydrogens is 398 g/mol. The molecule has 8 nitrogen and oxygen atoms in total. The van der Waals surface area contributed by atoms with Gasteiger partial charge in [-0.25, -0.2) is 4.98 Å². The molecule has 0 spiro atoms. The minimum absolute atomic E-state index is 0.0802. The van der Waals surface area contributed by atoms with Gasteiger partial charge >= 0.3 is 0 Å². The molecule has 0 saturated carbocycles. The topological polar surface area (TPSA) is 79.0 Å². The number of methoxy groups -OCH3 is 1. The Labute approximate surface area is 181 Å². The van der Waals surface area contributed by atoms with E-state index in [1.54, 1.807) is 19.4 Å². The highest BCUT2D eigenvalue weighted by atomic mass is 16.5. The number of furan rings is 1. The monoisotopic (exact) mass is 427 g/mol. The van der Waals surface area contributed by atoms with E-state index in [2.05, 4.69) is 4.98 Å². The third-order valence-electron chi connectivity index (χ3n) is 5.58. The van der Waals surface area contributed by atoms with Crippen LogP contribution in [0.5, 0.6) is 5.75 Å². The second-order valence-electron chi connectivity index (χ2n) is 7.57. The second kappa shape index (κ2) is 9.98. The van der Waals surface area contributed by atoms with E-state index in [-0.39, 0.29) is 5.91 Å². The van der Waals surface area contributed by atoms with Gasteiger partial charge in [0, 0.05) is 43.9 Å². The largest absolute Gasteiger partial charge is 0.490 e. The summed E-state index contributed by atoms with van der Waals surface area (Å²) in [7, 11) is 1.66. The van der Waals surface area contributed by atoms with Gasteiger partial charge in [-0.2, -0.15) is 0 Å². The Bertz CT molecular complexity index is 1000. The number of fused-ring (bicyclic) bond motifs is 1. The molecule has 1 aliphatic heterocycles. The van der Waals surface area contributed by atoms with Crippen molar-refractivity contribution in [3.63, 3.8) is 0 Å². The highest BCUT2D eigenvalue weighted by molar-refractivity contribution is 5.97. The SMILES string of the molecule is CCOc1cccc2cc(C(=O)N3CCC(c4nccn4COCCOC)CC3)oc12. The van der Waals surface area contributed by atoms with Gasteiger partial charge in [0.25, 0.3) is 5.91 Å². The summed E-state index contributed by atoms with van der Waals surface area (Å²) in [6.07, 6.45) is 5.44. The smallest absolute Gasteiger partial charge is 0.289 e. The number of rotatable bonds is 9. The van der Waals surface area contributed by atoms with Gasteiger partial charge in [-0.3, -0.25) is 4.79 Å². The Balaban J connectivity index is 1.38. The van der Waals surface area contributed by atoms with Crippen LogP contribution in [0.1, 0.15) is 42.1 Å². The first-order chi connectivity index (χ1) is 15.2. The highest BCUT2D eigenvalue weighted by Gasteiger charge is 2.28. The zero-order valence-electron chi connectivity index (χ0n) is 18.1. The number of piperidine rings is 1. The molecule has 0 atom stereocenters. The summed E-state index contributed by atoms with van der Waals surface area (Å²) in [6.45, 7) is 5.37. The maximum Gasteiger partial charge on any atom is 0.289 e. The molecular formula is C23H29N3O5. The molecule has 3 aromatic rings. The number of benzene rings is 1.